The number of hydrogen-bond donors (Lipinski definition) is 0. The molecule has 0 spiro atoms. The summed E-state index contributed by atoms with van der Waals surface area (Å²) in [7, 11) is 0. The molecule has 0 unspecified atom stereocenters. The smallest absolute Gasteiger partial charge is 0.136 e. The number of para-hydroxylation sites is 1. The molecule has 2 heteroatoms. The number of furan rings is 1. The van der Waals surface area contributed by atoms with E-state index in [0.29, 0.717) is 0 Å². The second-order valence-electron chi connectivity index (χ2n) is 15.8. The van der Waals surface area contributed by atoms with Crippen LogP contribution in [0.2, 0.25) is 0 Å². The molecule has 11 aromatic rings. The third-order valence-corrected chi connectivity index (χ3v) is 11.9. The van der Waals surface area contributed by atoms with Crippen LogP contribution in [0.4, 0.5) is 17.1 Å². The van der Waals surface area contributed by atoms with Crippen molar-refractivity contribution in [2.75, 3.05) is 4.90 Å². The molecule has 0 saturated carbocycles. The van der Waals surface area contributed by atoms with E-state index in [1.165, 1.54) is 50.1 Å². The lowest BCUT2D eigenvalue weighted by Crippen LogP contribution is -2.09. The van der Waals surface area contributed by atoms with Crippen LogP contribution in [0.1, 0.15) is 0 Å². The zero-order valence-corrected chi connectivity index (χ0v) is 34.0. The third kappa shape index (κ3) is 7.25. The number of rotatable bonds is 9. The zero-order valence-electron chi connectivity index (χ0n) is 34.0. The lowest BCUT2D eigenvalue weighted by atomic mass is 9.98. The molecule has 0 fully saturated rings. The Morgan fingerprint density at radius 2 is 0.516 bits per heavy atom. The topological polar surface area (TPSA) is 16.4 Å². The maximum Gasteiger partial charge on any atom is 0.136 e. The second-order valence-corrected chi connectivity index (χ2v) is 15.8. The minimum atomic E-state index is 0.909. The van der Waals surface area contributed by atoms with Crippen LogP contribution >= 0.6 is 0 Å². The van der Waals surface area contributed by atoms with Crippen molar-refractivity contribution in [1.82, 2.24) is 0 Å². The third-order valence-electron chi connectivity index (χ3n) is 11.9. The van der Waals surface area contributed by atoms with Crippen LogP contribution < -0.4 is 4.90 Å². The molecule has 0 radical (unpaired) electrons. The van der Waals surface area contributed by atoms with E-state index in [2.05, 4.69) is 241 Å². The molecule has 0 N–H and O–H groups in total. The fraction of sp³-hybridized carbons (Fsp3) is 0. The lowest BCUT2D eigenvalue weighted by molar-refractivity contribution is 0.669. The molecule has 11 rings (SSSR count). The number of nitrogens with zero attached hydrogens (tertiary/aromatic N) is 1. The van der Waals surface area contributed by atoms with Crippen LogP contribution in [-0.2, 0) is 0 Å². The summed E-state index contributed by atoms with van der Waals surface area (Å²) in [5, 5.41) is 2.29. The van der Waals surface area contributed by atoms with E-state index < -0.39 is 0 Å². The van der Waals surface area contributed by atoms with E-state index >= 15 is 0 Å². The molecule has 1 aromatic heterocycles. The minimum absolute atomic E-state index is 0.909. The van der Waals surface area contributed by atoms with Gasteiger partial charge in [0.25, 0.3) is 0 Å². The lowest BCUT2D eigenvalue weighted by Gasteiger charge is -2.26. The Morgan fingerprint density at radius 3 is 0.968 bits per heavy atom. The predicted molar refractivity (Wildman–Crippen MR) is 261 cm³/mol. The Balaban J connectivity index is 0.905. The molecule has 10 aromatic carbocycles. The van der Waals surface area contributed by atoms with Gasteiger partial charge < -0.3 is 9.32 Å². The highest BCUT2D eigenvalue weighted by atomic mass is 16.3. The maximum atomic E-state index is 6.19. The van der Waals surface area contributed by atoms with Crippen molar-refractivity contribution in [2.24, 2.45) is 0 Å². The van der Waals surface area contributed by atoms with Gasteiger partial charge in [0.1, 0.15) is 11.2 Å². The van der Waals surface area contributed by atoms with Crippen LogP contribution in [0.25, 0.3) is 88.7 Å². The highest BCUT2D eigenvalue weighted by Gasteiger charge is 2.15. The molecule has 0 aliphatic rings. The Hall–Kier alpha value is -8.20. The fourth-order valence-electron chi connectivity index (χ4n) is 8.63. The first-order valence-corrected chi connectivity index (χ1v) is 21.1. The van der Waals surface area contributed by atoms with Crippen molar-refractivity contribution in [1.29, 1.82) is 0 Å². The van der Waals surface area contributed by atoms with Gasteiger partial charge in [-0.1, -0.05) is 182 Å². The van der Waals surface area contributed by atoms with E-state index in [-0.39, 0.29) is 0 Å². The van der Waals surface area contributed by atoms with Crippen molar-refractivity contribution in [3.8, 4) is 66.8 Å². The van der Waals surface area contributed by atoms with Gasteiger partial charge in [-0.05, 0) is 133 Å². The van der Waals surface area contributed by atoms with Gasteiger partial charge in [-0.25, -0.2) is 0 Å². The number of fused-ring (bicyclic) bond motifs is 3. The molecule has 1 heterocycles. The van der Waals surface area contributed by atoms with E-state index in [4.69, 9.17) is 4.42 Å². The van der Waals surface area contributed by atoms with E-state index in [0.717, 1.165) is 55.7 Å². The van der Waals surface area contributed by atoms with Gasteiger partial charge in [0.2, 0.25) is 0 Å². The molecule has 0 bridgehead atoms. The first kappa shape index (κ1) is 36.8. The largest absolute Gasteiger partial charge is 0.456 e. The highest BCUT2D eigenvalue weighted by molar-refractivity contribution is 6.06. The summed E-state index contributed by atoms with van der Waals surface area (Å²) < 4.78 is 6.19. The van der Waals surface area contributed by atoms with Crippen LogP contribution in [-0.4, -0.2) is 0 Å². The van der Waals surface area contributed by atoms with Crippen molar-refractivity contribution in [3.63, 3.8) is 0 Å². The number of benzene rings is 10. The highest BCUT2D eigenvalue weighted by Crippen LogP contribution is 2.39. The molecule has 0 aliphatic carbocycles. The maximum absolute atomic E-state index is 6.19. The number of anilines is 3. The molecule has 0 amide bonds. The van der Waals surface area contributed by atoms with Gasteiger partial charge in [0.15, 0.2) is 0 Å². The summed E-state index contributed by atoms with van der Waals surface area (Å²) in [6, 6.07) is 89.0. The van der Waals surface area contributed by atoms with Gasteiger partial charge in [0.05, 0.1) is 0 Å². The second kappa shape index (κ2) is 16.1. The molecule has 0 atom stereocenters. The standard InChI is InChI=1S/C60H41NO/c1-3-11-42(12-4-1)49-15-9-17-51(39-49)47-27-34-55(35-28-47)61(56-36-29-48(30-37-56)52-18-10-16-50(40-52)43-13-5-2-6-14-43)54-32-25-45(26-33-54)44-21-23-46(24-22-44)53-31-38-58-57-19-7-8-20-59(57)62-60(58)41-53/h1-41H. The van der Waals surface area contributed by atoms with Crippen LogP contribution in [0.3, 0.4) is 0 Å². The summed E-state index contributed by atoms with van der Waals surface area (Å²) >= 11 is 0. The predicted octanol–water partition coefficient (Wildman–Crippen LogP) is 17.1. The van der Waals surface area contributed by atoms with E-state index in [1.54, 1.807) is 0 Å². The summed E-state index contributed by atoms with van der Waals surface area (Å²) in [5.41, 5.74) is 19.3. The average molecular weight is 792 g/mol. The van der Waals surface area contributed by atoms with Crippen molar-refractivity contribution >= 4 is 39.0 Å². The van der Waals surface area contributed by atoms with Gasteiger partial charge in [-0.15, -0.1) is 0 Å². The van der Waals surface area contributed by atoms with Gasteiger partial charge in [0, 0.05) is 27.8 Å². The van der Waals surface area contributed by atoms with Crippen LogP contribution in [0.5, 0.6) is 0 Å². The van der Waals surface area contributed by atoms with Crippen molar-refractivity contribution in [2.45, 2.75) is 0 Å². The molecule has 62 heavy (non-hydrogen) atoms. The average Bonchev–Trinajstić information content (AvgIpc) is 3.73. The van der Waals surface area contributed by atoms with Gasteiger partial charge >= 0.3 is 0 Å². The summed E-state index contributed by atoms with van der Waals surface area (Å²) in [6.07, 6.45) is 0. The monoisotopic (exact) mass is 791 g/mol. The van der Waals surface area contributed by atoms with Crippen molar-refractivity contribution < 1.29 is 4.42 Å². The first-order valence-electron chi connectivity index (χ1n) is 21.1. The number of hydrogen-bond acceptors (Lipinski definition) is 2. The van der Waals surface area contributed by atoms with Crippen molar-refractivity contribution in [3.05, 3.63) is 249 Å². The van der Waals surface area contributed by atoms with Crippen LogP contribution in [0.15, 0.2) is 253 Å². The summed E-state index contributed by atoms with van der Waals surface area (Å²) in [4.78, 5) is 2.34. The van der Waals surface area contributed by atoms with Gasteiger partial charge in [-0.2, -0.15) is 0 Å². The Morgan fingerprint density at radius 1 is 0.210 bits per heavy atom. The normalized spacial score (nSPS) is 11.2. The fourth-order valence-corrected chi connectivity index (χ4v) is 8.63. The van der Waals surface area contributed by atoms with Crippen LogP contribution in [0, 0.1) is 0 Å². The van der Waals surface area contributed by atoms with E-state index in [9.17, 15) is 0 Å². The Labute approximate surface area is 362 Å². The summed E-state index contributed by atoms with van der Waals surface area (Å²) in [5.74, 6) is 0. The Kier molecular flexibility index (Phi) is 9.57. The first-order chi connectivity index (χ1) is 30.7. The minimum Gasteiger partial charge on any atom is -0.456 e. The van der Waals surface area contributed by atoms with Gasteiger partial charge in [-0.3, -0.25) is 0 Å². The zero-order chi connectivity index (χ0) is 41.2. The Bertz CT molecular complexity index is 3170. The molecule has 292 valence electrons. The SMILES string of the molecule is c1ccc(-c2cccc(-c3ccc(N(c4ccc(-c5ccc(-c6ccc7c(c6)oc6ccccc67)cc5)cc4)c4ccc(-c5cccc(-c6ccccc6)c5)cc4)cc3)c2)cc1. The summed E-state index contributed by atoms with van der Waals surface area (Å²) in [6.45, 7) is 0. The molecule has 0 saturated heterocycles. The molecular formula is C60H41NO. The molecule has 2 nitrogen and oxygen atoms in total. The quantitative estimate of drug-likeness (QED) is 0.145. The van der Waals surface area contributed by atoms with E-state index in [1.807, 2.05) is 12.1 Å². The molecule has 0 aliphatic heterocycles. The molecular weight excluding hydrogens is 751 g/mol.